The molecule has 128 valence electrons. The Morgan fingerprint density at radius 1 is 1.09 bits per heavy atom. The molecule has 22 heavy (non-hydrogen) atoms. The summed E-state index contributed by atoms with van der Waals surface area (Å²) in [5.41, 5.74) is -0.337. The van der Waals surface area contributed by atoms with Crippen molar-refractivity contribution in [2.75, 3.05) is 6.61 Å². The number of halogens is 6. The normalized spacial score (nSPS) is 12.1. The van der Waals surface area contributed by atoms with E-state index in [1.54, 1.807) is 0 Å². The van der Waals surface area contributed by atoms with Crippen LogP contribution < -0.4 is 0 Å². The van der Waals surface area contributed by atoms with Crippen molar-refractivity contribution in [3.05, 3.63) is 23.8 Å². The molecule has 0 aliphatic rings. The first-order valence-corrected chi connectivity index (χ1v) is 5.52. The summed E-state index contributed by atoms with van der Waals surface area (Å²) in [6.45, 7) is 3.95. The van der Waals surface area contributed by atoms with E-state index in [4.69, 9.17) is 5.11 Å². The van der Waals surface area contributed by atoms with E-state index >= 15 is 0 Å². The van der Waals surface area contributed by atoms with Crippen LogP contribution in [0, 0.1) is 0 Å². The van der Waals surface area contributed by atoms with Crippen LogP contribution in [0.3, 0.4) is 0 Å². The second-order valence-corrected chi connectivity index (χ2v) is 3.98. The van der Waals surface area contributed by atoms with Gasteiger partial charge in [-0.25, -0.2) is 9.59 Å². The van der Waals surface area contributed by atoms with E-state index in [9.17, 15) is 35.9 Å². The molecule has 0 unspecified atom stereocenters. The molecule has 0 bridgehead atoms. The molecule has 0 heterocycles. The molecule has 4 nitrogen and oxygen atoms in total. The zero-order valence-corrected chi connectivity index (χ0v) is 11.6. The summed E-state index contributed by atoms with van der Waals surface area (Å²) in [5, 5.41) is 8.14. The molecule has 0 saturated carbocycles. The monoisotopic (exact) mass is 336 g/mol. The van der Waals surface area contributed by atoms with Gasteiger partial charge in [-0.3, -0.25) is 0 Å². The molecule has 0 saturated heterocycles. The van der Waals surface area contributed by atoms with E-state index in [0.717, 1.165) is 6.92 Å². The van der Waals surface area contributed by atoms with Crippen LogP contribution in [-0.4, -0.2) is 36.0 Å². The Hall–Kier alpha value is -2.00. The van der Waals surface area contributed by atoms with Crippen molar-refractivity contribution in [3.8, 4) is 0 Å². The summed E-state index contributed by atoms with van der Waals surface area (Å²) < 4.78 is 72.2. The molecule has 0 aromatic rings. The highest BCUT2D eigenvalue weighted by Gasteiger charge is 2.29. The average molecular weight is 336 g/mol. The summed E-state index contributed by atoms with van der Waals surface area (Å²) in [6.07, 6.45) is -9.34. The summed E-state index contributed by atoms with van der Waals surface area (Å²) in [4.78, 5) is 20.3. The number of hydrogen-bond donors (Lipinski definition) is 1. The molecule has 10 heteroatoms. The first-order chi connectivity index (χ1) is 9.65. The minimum Gasteiger partial charge on any atom is -0.478 e. The number of allylic oxidation sites excluding steroid dienone is 1. The summed E-state index contributed by atoms with van der Waals surface area (Å²) >= 11 is 0. The Kier molecular flexibility index (Phi) is 9.22. The fourth-order valence-electron chi connectivity index (χ4n) is 0.627. The summed E-state index contributed by atoms with van der Waals surface area (Å²) in [6, 6.07) is 0. The first-order valence-electron chi connectivity index (χ1n) is 5.52. The summed E-state index contributed by atoms with van der Waals surface area (Å²) in [7, 11) is 0. The molecule has 0 aromatic carbocycles. The predicted octanol–water partition coefficient (Wildman–Crippen LogP) is 3.64. The van der Waals surface area contributed by atoms with Gasteiger partial charge in [0.2, 0.25) is 0 Å². The fourth-order valence-corrected chi connectivity index (χ4v) is 0.627. The van der Waals surface area contributed by atoms with E-state index in [1.807, 2.05) is 0 Å². The zero-order chi connectivity index (χ0) is 18.1. The minimum atomic E-state index is -4.47. The molecule has 0 atom stereocenters. The zero-order valence-electron chi connectivity index (χ0n) is 11.6. The molecule has 0 aromatic heterocycles. The Morgan fingerprint density at radius 2 is 1.55 bits per heavy atom. The van der Waals surface area contributed by atoms with Crippen LogP contribution in [0.15, 0.2) is 23.8 Å². The number of rotatable bonds is 4. The molecular formula is C12H14F6O4. The van der Waals surface area contributed by atoms with Crippen molar-refractivity contribution in [2.24, 2.45) is 0 Å². The number of alkyl halides is 6. The molecule has 0 amide bonds. The van der Waals surface area contributed by atoms with Crippen LogP contribution in [0.5, 0.6) is 0 Å². The lowest BCUT2D eigenvalue weighted by atomic mass is 10.2. The third-order valence-corrected chi connectivity index (χ3v) is 1.69. The van der Waals surface area contributed by atoms with Gasteiger partial charge < -0.3 is 9.84 Å². The van der Waals surface area contributed by atoms with Crippen molar-refractivity contribution in [2.45, 2.75) is 32.6 Å². The lowest BCUT2D eigenvalue weighted by molar-refractivity contribution is -0.183. The third-order valence-electron chi connectivity index (χ3n) is 1.69. The summed E-state index contributed by atoms with van der Waals surface area (Å²) in [5.74, 6) is -2.35. The van der Waals surface area contributed by atoms with Gasteiger partial charge in [0.05, 0.1) is 6.42 Å². The standard InChI is InChI=1S/2C6H7F3O2/c1-4(2)5(10)11-3-6(7,8)9;1-4(5(10)11)2-3-6(7,8)9/h1,3H2,2H3;2H,3H2,1H3,(H,10,11). The Balaban J connectivity index is 0. The largest absolute Gasteiger partial charge is 0.478 e. The lowest BCUT2D eigenvalue weighted by Gasteiger charge is -2.06. The van der Waals surface area contributed by atoms with Gasteiger partial charge in [0.25, 0.3) is 0 Å². The van der Waals surface area contributed by atoms with Gasteiger partial charge in [-0.15, -0.1) is 0 Å². The molecule has 0 rings (SSSR count). The molecular weight excluding hydrogens is 322 g/mol. The van der Waals surface area contributed by atoms with Crippen molar-refractivity contribution in [1.29, 1.82) is 0 Å². The maximum atomic E-state index is 11.4. The minimum absolute atomic E-state index is 0.0470. The van der Waals surface area contributed by atoms with Crippen molar-refractivity contribution in [1.82, 2.24) is 0 Å². The third kappa shape index (κ3) is 16.1. The second-order valence-electron chi connectivity index (χ2n) is 3.98. The number of esters is 1. The Bertz CT molecular complexity index is 434. The highest BCUT2D eigenvalue weighted by Crippen LogP contribution is 2.20. The average Bonchev–Trinajstić information content (AvgIpc) is 2.31. The van der Waals surface area contributed by atoms with E-state index in [2.05, 4.69) is 11.3 Å². The van der Waals surface area contributed by atoms with E-state index in [1.165, 1.54) is 6.92 Å². The first kappa shape index (κ1) is 22.3. The Labute approximate surface area is 122 Å². The predicted molar refractivity (Wildman–Crippen MR) is 63.9 cm³/mol. The topological polar surface area (TPSA) is 63.6 Å². The number of hydrogen-bond acceptors (Lipinski definition) is 3. The van der Waals surface area contributed by atoms with Crippen molar-refractivity contribution >= 4 is 11.9 Å². The van der Waals surface area contributed by atoms with Gasteiger partial charge >= 0.3 is 24.3 Å². The number of aliphatic carboxylic acids is 1. The maximum absolute atomic E-state index is 11.4. The number of ether oxygens (including phenoxy) is 1. The van der Waals surface area contributed by atoms with Gasteiger partial charge in [0.1, 0.15) is 0 Å². The number of carbonyl (C=O) groups excluding carboxylic acids is 1. The SMILES string of the molecule is C=C(C)C(=O)OCC(F)(F)F.CC(=CCC(F)(F)F)C(=O)O. The van der Waals surface area contributed by atoms with Gasteiger partial charge in [-0.2, -0.15) is 26.3 Å². The van der Waals surface area contributed by atoms with Crippen molar-refractivity contribution in [3.63, 3.8) is 0 Å². The van der Waals surface area contributed by atoms with Crippen LogP contribution in [-0.2, 0) is 14.3 Å². The maximum Gasteiger partial charge on any atom is 0.422 e. The molecule has 0 aliphatic heterocycles. The van der Waals surface area contributed by atoms with Crippen LogP contribution in [0.1, 0.15) is 20.3 Å². The van der Waals surface area contributed by atoms with E-state index < -0.39 is 37.3 Å². The smallest absolute Gasteiger partial charge is 0.422 e. The molecule has 0 radical (unpaired) electrons. The van der Waals surface area contributed by atoms with Crippen LogP contribution in [0.4, 0.5) is 26.3 Å². The fraction of sp³-hybridized carbons (Fsp3) is 0.500. The molecule has 0 fully saturated rings. The van der Waals surface area contributed by atoms with E-state index in [0.29, 0.717) is 6.08 Å². The lowest BCUT2D eigenvalue weighted by Crippen LogP contribution is -2.20. The van der Waals surface area contributed by atoms with Crippen LogP contribution in [0.25, 0.3) is 0 Å². The molecule has 1 N–H and O–H groups in total. The van der Waals surface area contributed by atoms with Gasteiger partial charge in [0.15, 0.2) is 6.61 Å². The van der Waals surface area contributed by atoms with Gasteiger partial charge in [-0.1, -0.05) is 12.7 Å². The highest BCUT2D eigenvalue weighted by atomic mass is 19.4. The highest BCUT2D eigenvalue weighted by molar-refractivity contribution is 5.87. The van der Waals surface area contributed by atoms with Crippen LogP contribution in [0.2, 0.25) is 0 Å². The number of carboxylic acids is 1. The molecule has 0 spiro atoms. The molecule has 0 aliphatic carbocycles. The number of carbonyl (C=O) groups is 2. The van der Waals surface area contributed by atoms with Crippen LogP contribution >= 0.6 is 0 Å². The number of carboxylic acid groups (broad SMARTS) is 1. The van der Waals surface area contributed by atoms with Gasteiger partial charge in [0, 0.05) is 11.1 Å². The van der Waals surface area contributed by atoms with E-state index in [-0.39, 0.29) is 11.1 Å². The van der Waals surface area contributed by atoms with Gasteiger partial charge in [-0.05, 0) is 13.8 Å². The quantitative estimate of drug-likeness (QED) is 0.484. The Morgan fingerprint density at radius 3 is 1.82 bits per heavy atom. The van der Waals surface area contributed by atoms with Crippen molar-refractivity contribution < 1.29 is 45.8 Å². The second kappa shape index (κ2) is 9.11.